The molecule has 0 fully saturated rings. The molecule has 4 N–H and O–H groups in total. The Labute approximate surface area is 298 Å². The standard InChI is InChI=1S/C38H48N4O9/c1-38(2,3)51-37(47)42-31(21-13-23-39-35(45)49-26-29-17-9-5-10-18-29)33(43)41-32(34(44)48-25-28-15-7-4-8-16-28)22-14-24-40-36(46)50-27-30-19-11-6-12-20-30/h4-12,15-20,31-32H,13-14,21-27H2,1-3H3,(H,39,45)(H,40,46)(H,41,43)(H,42,47)/t31-,32-/m1/s1. The van der Waals surface area contributed by atoms with Crippen LogP contribution in [0.25, 0.3) is 0 Å². The van der Waals surface area contributed by atoms with E-state index in [9.17, 15) is 24.0 Å². The van der Waals surface area contributed by atoms with E-state index in [2.05, 4.69) is 21.3 Å². The van der Waals surface area contributed by atoms with E-state index in [1.165, 1.54) is 0 Å². The second-order valence-electron chi connectivity index (χ2n) is 12.6. The molecule has 13 heteroatoms. The van der Waals surface area contributed by atoms with Gasteiger partial charge in [0.05, 0.1) is 0 Å². The molecule has 4 amide bonds. The first kappa shape index (κ1) is 39.8. The largest absolute Gasteiger partial charge is 0.459 e. The van der Waals surface area contributed by atoms with E-state index in [4.69, 9.17) is 18.9 Å². The summed E-state index contributed by atoms with van der Waals surface area (Å²) in [6.07, 6.45) is -1.27. The second-order valence-corrected chi connectivity index (χ2v) is 12.6. The predicted molar refractivity (Wildman–Crippen MR) is 189 cm³/mol. The number of esters is 1. The molecule has 2 atom stereocenters. The second kappa shape index (κ2) is 21.5. The van der Waals surface area contributed by atoms with Gasteiger partial charge in [-0.1, -0.05) is 91.0 Å². The Morgan fingerprint density at radius 2 is 0.961 bits per heavy atom. The highest BCUT2D eigenvalue weighted by Crippen LogP contribution is 2.10. The molecule has 3 aromatic carbocycles. The van der Waals surface area contributed by atoms with Crippen LogP contribution in [0.5, 0.6) is 0 Å². The van der Waals surface area contributed by atoms with E-state index >= 15 is 0 Å². The van der Waals surface area contributed by atoms with Crippen molar-refractivity contribution >= 4 is 30.2 Å². The first-order valence-corrected chi connectivity index (χ1v) is 16.9. The molecule has 0 unspecified atom stereocenters. The molecule has 0 aliphatic rings. The number of rotatable bonds is 18. The zero-order valence-electron chi connectivity index (χ0n) is 29.4. The van der Waals surface area contributed by atoms with E-state index in [-0.39, 0.29) is 52.2 Å². The molecule has 3 rings (SSSR count). The molecule has 0 heterocycles. The Morgan fingerprint density at radius 3 is 1.39 bits per heavy atom. The molecule has 274 valence electrons. The molecule has 0 saturated heterocycles. The van der Waals surface area contributed by atoms with Crippen LogP contribution in [0.3, 0.4) is 0 Å². The lowest BCUT2D eigenvalue weighted by atomic mass is 10.1. The van der Waals surface area contributed by atoms with Crippen molar-refractivity contribution in [3.05, 3.63) is 108 Å². The van der Waals surface area contributed by atoms with Crippen molar-refractivity contribution in [2.75, 3.05) is 13.1 Å². The van der Waals surface area contributed by atoms with Gasteiger partial charge in [0.15, 0.2) is 0 Å². The van der Waals surface area contributed by atoms with Crippen LogP contribution < -0.4 is 21.3 Å². The average molecular weight is 705 g/mol. The number of carbonyl (C=O) groups excluding carboxylic acids is 5. The molecule has 0 spiro atoms. The average Bonchev–Trinajstić information content (AvgIpc) is 3.11. The van der Waals surface area contributed by atoms with Crippen LogP contribution in [-0.4, -0.2) is 60.9 Å². The lowest BCUT2D eigenvalue weighted by molar-refractivity contribution is -0.149. The van der Waals surface area contributed by atoms with Crippen LogP contribution in [0.1, 0.15) is 63.1 Å². The molecule has 0 aliphatic heterocycles. The number of ether oxygens (including phenoxy) is 4. The van der Waals surface area contributed by atoms with Gasteiger partial charge in [-0.25, -0.2) is 19.2 Å². The summed E-state index contributed by atoms with van der Waals surface area (Å²) in [5.74, 6) is -1.33. The minimum absolute atomic E-state index is 0.0122. The number of hydrogen-bond donors (Lipinski definition) is 4. The summed E-state index contributed by atoms with van der Waals surface area (Å²) < 4.78 is 21.3. The van der Waals surface area contributed by atoms with Gasteiger partial charge in [-0.2, -0.15) is 0 Å². The minimum atomic E-state index is -1.11. The van der Waals surface area contributed by atoms with Gasteiger partial charge in [-0.05, 0) is 63.1 Å². The zero-order valence-corrected chi connectivity index (χ0v) is 29.4. The minimum Gasteiger partial charge on any atom is -0.459 e. The Kier molecular flexibility index (Phi) is 16.8. The molecule has 51 heavy (non-hydrogen) atoms. The SMILES string of the molecule is CC(C)(C)OC(=O)N[C@H](CCCNC(=O)OCc1ccccc1)C(=O)N[C@H](CCCNC(=O)OCc1ccccc1)C(=O)OCc1ccccc1. The van der Waals surface area contributed by atoms with E-state index in [1.807, 2.05) is 78.9 Å². The molecule has 13 nitrogen and oxygen atoms in total. The Bertz CT molecular complexity index is 1520. The zero-order chi connectivity index (χ0) is 36.9. The lowest BCUT2D eigenvalue weighted by Crippen LogP contribution is -2.52. The summed E-state index contributed by atoms with van der Waals surface area (Å²) in [5.41, 5.74) is 1.61. The Hall–Kier alpha value is -5.59. The van der Waals surface area contributed by atoms with Crippen molar-refractivity contribution in [1.29, 1.82) is 0 Å². The van der Waals surface area contributed by atoms with Crippen LogP contribution in [0.15, 0.2) is 91.0 Å². The van der Waals surface area contributed by atoms with E-state index in [0.29, 0.717) is 6.42 Å². The van der Waals surface area contributed by atoms with Crippen LogP contribution in [0, 0.1) is 0 Å². The van der Waals surface area contributed by atoms with Crippen molar-refractivity contribution in [1.82, 2.24) is 21.3 Å². The van der Waals surface area contributed by atoms with Crippen LogP contribution in [0.2, 0.25) is 0 Å². The van der Waals surface area contributed by atoms with Crippen LogP contribution in [0.4, 0.5) is 14.4 Å². The van der Waals surface area contributed by atoms with Crippen molar-refractivity contribution in [3.63, 3.8) is 0 Å². The van der Waals surface area contributed by atoms with Gasteiger partial charge < -0.3 is 40.2 Å². The highest BCUT2D eigenvalue weighted by atomic mass is 16.6. The van der Waals surface area contributed by atoms with Crippen LogP contribution in [-0.2, 0) is 48.4 Å². The Balaban J connectivity index is 1.58. The predicted octanol–water partition coefficient (Wildman–Crippen LogP) is 5.52. The Morgan fingerprint density at radius 1 is 0.549 bits per heavy atom. The molecule has 0 radical (unpaired) electrons. The molecule has 0 aliphatic carbocycles. The van der Waals surface area contributed by atoms with Gasteiger partial charge in [-0.3, -0.25) is 4.79 Å². The maximum Gasteiger partial charge on any atom is 0.408 e. The van der Waals surface area contributed by atoms with E-state index < -0.39 is 47.8 Å². The third-order valence-corrected chi connectivity index (χ3v) is 7.14. The summed E-state index contributed by atoms with van der Waals surface area (Å²) >= 11 is 0. The number of carbonyl (C=O) groups is 5. The summed E-state index contributed by atoms with van der Waals surface area (Å²) in [6, 6.07) is 25.3. The highest BCUT2D eigenvalue weighted by Gasteiger charge is 2.29. The van der Waals surface area contributed by atoms with E-state index in [1.54, 1.807) is 32.9 Å². The van der Waals surface area contributed by atoms with Crippen molar-refractivity contribution in [3.8, 4) is 0 Å². The summed E-state index contributed by atoms with van der Waals surface area (Å²) in [6.45, 7) is 5.59. The first-order chi connectivity index (χ1) is 24.5. The van der Waals surface area contributed by atoms with Crippen molar-refractivity contribution in [2.24, 2.45) is 0 Å². The molecular formula is C38H48N4O9. The topological polar surface area (TPSA) is 170 Å². The van der Waals surface area contributed by atoms with Gasteiger partial charge in [0.25, 0.3) is 0 Å². The highest BCUT2D eigenvalue weighted by molar-refractivity contribution is 5.89. The summed E-state index contributed by atoms with van der Waals surface area (Å²) in [5, 5.41) is 10.6. The van der Waals surface area contributed by atoms with Gasteiger partial charge >= 0.3 is 24.2 Å². The number of hydrogen-bond acceptors (Lipinski definition) is 9. The third kappa shape index (κ3) is 17.1. The van der Waals surface area contributed by atoms with E-state index in [0.717, 1.165) is 16.7 Å². The smallest absolute Gasteiger partial charge is 0.408 e. The number of nitrogens with one attached hydrogen (secondary N) is 4. The third-order valence-electron chi connectivity index (χ3n) is 7.14. The fraction of sp³-hybridized carbons (Fsp3) is 0.395. The summed E-state index contributed by atoms with van der Waals surface area (Å²) in [7, 11) is 0. The molecule has 0 aromatic heterocycles. The fourth-order valence-corrected chi connectivity index (χ4v) is 4.61. The fourth-order valence-electron chi connectivity index (χ4n) is 4.61. The van der Waals surface area contributed by atoms with Crippen molar-refractivity contribution in [2.45, 2.75) is 84.0 Å². The maximum absolute atomic E-state index is 13.6. The lowest BCUT2D eigenvalue weighted by Gasteiger charge is -2.25. The molecule has 3 aromatic rings. The monoisotopic (exact) mass is 704 g/mol. The maximum atomic E-state index is 13.6. The number of amides is 4. The molecule has 0 bridgehead atoms. The quantitative estimate of drug-likeness (QED) is 0.0756. The van der Waals surface area contributed by atoms with Crippen molar-refractivity contribution < 1.29 is 42.9 Å². The number of alkyl carbamates (subject to hydrolysis) is 3. The summed E-state index contributed by atoms with van der Waals surface area (Å²) in [4.78, 5) is 63.9. The number of benzene rings is 3. The molecule has 0 saturated carbocycles. The van der Waals surface area contributed by atoms with Gasteiger partial charge in [-0.15, -0.1) is 0 Å². The normalized spacial score (nSPS) is 12.0. The van der Waals surface area contributed by atoms with Crippen LogP contribution >= 0.6 is 0 Å². The molecular weight excluding hydrogens is 656 g/mol. The first-order valence-electron chi connectivity index (χ1n) is 16.9. The van der Waals surface area contributed by atoms with Gasteiger partial charge in [0, 0.05) is 13.1 Å². The van der Waals surface area contributed by atoms with Gasteiger partial charge in [0.1, 0.15) is 37.5 Å². The van der Waals surface area contributed by atoms with Gasteiger partial charge in [0.2, 0.25) is 5.91 Å².